The molecule has 0 saturated heterocycles. The van der Waals surface area contributed by atoms with Gasteiger partial charge in [0.25, 0.3) is 0 Å². The summed E-state index contributed by atoms with van der Waals surface area (Å²) in [6.45, 7) is 2.06. The van der Waals surface area contributed by atoms with Gasteiger partial charge in [0.2, 0.25) is 5.91 Å². The second kappa shape index (κ2) is 7.64. The largest absolute Gasteiger partial charge is 0.324 e. The Morgan fingerprint density at radius 2 is 2.00 bits per heavy atom. The van der Waals surface area contributed by atoms with Crippen LogP contribution in [0, 0.1) is 24.7 Å². The molecule has 2 saturated carbocycles. The van der Waals surface area contributed by atoms with Gasteiger partial charge in [0.1, 0.15) is 6.54 Å². The molecule has 1 aromatic carbocycles. The van der Waals surface area contributed by atoms with E-state index in [0.717, 1.165) is 28.1 Å². The van der Waals surface area contributed by atoms with Crippen LogP contribution in [0.4, 0.5) is 5.69 Å². The minimum atomic E-state index is -0.139. The van der Waals surface area contributed by atoms with Crippen molar-refractivity contribution in [2.75, 3.05) is 5.32 Å². The molecule has 2 bridgehead atoms. The van der Waals surface area contributed by atoms with E-state index in [4.69, 9.17) is 0 Å². The first-order chi connectivity index (χ1) is 15.1. The maximum atomic E-state index is 13.1. The number of anilines is 1. The van der Waals surface area contributed by atoms with Gasteiger partial charge in [-0.2, -0.15) is 0 Å². The lowest BCUT2D eigenvalue weighted by Crippen LogP contribution is -2.34. The van der Waals surface area contributed by atoms with E-state index in [9.17, 15) is 9.59 Å². The predicted molar refractivity (Wildman–Crippen MR) is 129 cm³/mol. The summed E-state index contributed by atoms with van der Waals surface area (Å²) in [6.07, 6.45) is 3.97. The first-order valence-electron chi connectivity index (χ1n) is 10.9. The van der Waals surface area contributed by atoms with E-state index in [0.29, 0.717) is 17.1 Å². The monoisotopic (exact) mass is 468 g/mol. The third-order valence-corrected chi connectivity index (χ3v) is 11.0. The average molecular weight is 469 g/mol. The number of nitrogens with zero attached hydrogens (tertiary/aromatic N) is 1. The molecule has 2 fully saturated rings. The number of carbonyl (C=O) groups excluding carboxylic acids is 1. The molecule has 160 valence electrons. The second-order valence-electron chi connectivity index (χ2n) is 8.97. The van der Waals surface area contributed by atoms with Crippen LogP contribution in [0.1, 0.15) is 40.5 Å². The molecule has 3 heterocycles. The summed E-state index contributed by atoms with van der Waals surface area (Å²) >= 11 is 5.06. The van der Waals surface area contributed by atoms with Gasteiger partial charge in [-0.25, -0.2) is 0 Å². The summed E-state index contributed by atoms with van der Waals surface area (Å²) in [5.74, 6) is 2.33. The number of fused-ring (bicyclic) bond motifs is 6. The minimum Gasteiger partial charge on any atom is -0.324 e. The van der Waals surface area contributed by atoms with Crippen LogP contribution in [0.5, 0.6) is 0 Å². The summed E-state index contributed by atoms with van der Waals surface area (Å²) < 4.78 is 1.74. The maximum Gasteiger partial charge on any atom is 0.308 e. The molecule has 4 nitrogen and oxygen atoms in total. The molecule has 1 amide bonds. The van der Waals surface area contributed by atoms with Crippen molar-refractivity contribution in [1.29, 1.82) is 0 Å². The Morgan fingerprint density at radius 3 is 2.81 bits per heavy atom. The summed E-state index contributed by atoms with van der Waals surface area (Å²) in [5, 5.41) is 6.75. The number of nitrogens with one attached hydrogen (secondary N) is 1. The number of aromatic nitrogens is 1. The number of amides is 1. The topological polar surface area (TPSA) is 51.1 Å². The summed E-state index contributed by atoms with van der Waals surface area (Å²) in [6, 6.07) is 12.1. The van der Waals surface area contributed by atoms with Gasteiger partial charge in [0, 0.05) is 26.6 Å². The Bertz CT molecular complexity index is 1200. The molecule has 0 radical (unpaired) electrons. The number of rotatable bonds is 4. The molecule has 31 heavy (non-hydrogen) atoms. The van der Waals surface area contributed by atoms with Crippen LogP contribution in [0.25, 0.3) is 0 Å². The zero-order chi connectivity index (χ0) is 21.1. The molecular weight excluding hydrogens is 444 g/mol. The number of aryl methyl sites for hydroxylation is 1. The SMILES string of the molecule is Cc1ccccc1NC(=O)Cn1c2c(sc1=O)[C@@H](c1cccs1)[C@@H]1[C@H]3CC[C@@H](C3)[C@H]1S2. The number of thiophene rings is 1. The minimum absolute atomic E-state index is 0.00805. The van der Waals surface area contributed by atoms with Gasteiger partial charge < -0.3 is 5.32 Å². The highest BCUT2D eigenvalue weighted by atomic mass is 32.2. The third-order valence-electron chi connectivity index (χ3n) is 7.26. The highest BCUT2D eigenvalue weighted by Gasteiger charge is 2.55. The molecule has 1 aliphatic heterocycles. The predicted octanol–water partition coefficient (Wildman–Crippen LogP) is 5.57. The fraction of sp³-hybridized carbons (Fsp3) is 0.417. The van der Waals surface area contributed by atoms with Crippen molar-refractivity contribution in [3.05, 3.63) is 66.8 Å². The smallest absolute Gasteiger partial charge is 0.308 e. The lowest BCUT2D eigenvalue weighted by atomic mass is 9.77. The van der Waals surface area contributed by atoms with E-state index in [2.05, 4.69) is 22.8 Å². The summed E-state index contributed by atoms with van der Waals surface area (Å²) in [4.78, 5) is 28.5. The van der Waals surface area contributed by atoms with Gasteiger partial charge in [-0.05, 0) is 67.0 Å². The zero-order valence-electron chi connectivity index (χ0n) is 17.2. The van der Waals surface area contributed by atoms with E-state index in [1.54, 1.807) is 4.57 Å². The molecule has 0 spiro atoms. The number of thiazole rings is 1. The standard InChI is InChI=1S/C24H24N2O2S3/c1-13-5-2-3-6-16(13)25-18(27)12-26-23-22(31-24(26)28)20(17-7-4-10-29-17)19-14-8-9-15(11-14)21(19)30-23/h2-7,10,14-15,19-21H,8-9,11-12H2,1H3,(H,25,27)/t14-,15-,19-,20-,21+/m0/s1. The first kappa shape index (κ1) is 19.8. The van der Waals surface area contributed by atoms with E-state index >= 15 is 0 Å². The van der Waals surface area contributed by atoms with Crippen molar-refractivity contribution >= 4 is 46.0 Å². The number of hydrogen-bond donors (Lipinski definition) is 1. The van der Waals surface area contributed by atoms with Gasteiger partial charge in [-0.1, -0.05) is 35.6 Å². The Balaban J connectivity index is 1.36. The normalized spacial score (nSPS) is 28.4. The molecule has 2 aromatic heterocycles. The Kier molecular flexibility index (Phi) is 4.89. The van der Waals surface area contributed by atoms with Gasteiger partial charge in [0.05, 0.1) is 5.03 Å². The molecule has 2 aliphatic carbocycles. The van der Waals surface area contributed by atoms with Crippen molar-refractivity contribution in [2.45, 2.75) is 48.9 Å². The number of hydrogen-bond acceptors (Lipinski definition) is 5. The third kappa shape index (κ3) is 3.24. The van der Waals surface area contributed by atoms with E-state index in [1.165, 1.54) is 40.4 Å². The van der Waals surface area contributed by atoms with Crippen LogP contribution < -0.4 is 10.2 Å². The van der Waals surface area contributed by atoms with Crippen molar-refractivity contribution in [3.8, 4) is 0 Å². The number of thioether (sulfide) groups is 1. The second-order valence-corrected chi connectivity index (χ2v) is 12.1. The van der Waals surface area contributed by atoms with Crippen molar-refractivity contribution < 1.29 is 4.79 Å². The van der Waals surface area contributed by atoms with Crippen molar-refractivity contribution in [1.82, 2.24) is 4.57 Å². The Morgan fingerprint density at radius 1 is 1.16 bits per heavy atom. The van der Waals surface area contributed by atoms with Crippen LogP contribution >= 0.6 is 34.4 Å². The van der Waals surface area contributed by atoms with Gasteiger partial charge in [0.15, 0.2) is 0 Å². The van der Waals surface area contributed by atoms with Crippen molar-refractivity contribution in [2.24, 2.45) is 17.8 Å². The highest BCUT2D eigenvalue weighted by Crippen LogP contribution is 2.64. The van der Waals surface area contributed by atoms with E-state index in [-0.39, 0.29) is 17.3 Å². The summed E-state index contributed by atoms with van der Waals surface area (Å²) in [5.41, 5.74) is 1.83. The van der Waals surface area contributed by atoms with Crippen LogP contribution in [-0.4, -0.2) is 15.7 Å². The van der Waals surface area contributed by atoms with Crippen LogP contribution in [0.3, 0.4) is 0 Å². The molecule has 3 aliphatic rings. The summed E-state index contributed by atoms with van der Waals surface area (Å²) in [7, 11) is 0. The van der Waals surface area contributed by atoms with Crippen LogP contribution in [0.15, 0.2) is 51.6 Å². The number of carbonyl (C=O) groups is 1. The van der Waals surface area contributed by atoms with Gasteiger partial charge >= 0.3 is 4.87 Å². The molecule has 6 rings (SSSR count). The van der Waals surface area contributed by atoms with E-state index in [1.807, 2.05) is 54.3 Å². The average Bonchev–Trinajstić information content (AvgIpc) is 3.54. The fourth-order valence-electron chi connectivity index (χ4n) is 5.92. The first-order valence-corrected chi connectivity index (χ1v) is 13.5. The number of para-hydroxylation sites is 1. The molecular formula is C24H24N2O2S3. The van der Waals surface area contributed by atoms with Gasteiger partial charge in [-0.15, -0.1) is 23.1 Å². The Labute approximate surface area is 193 Å². The molecule has 5 atom stereocenters. The quantitative estimate of drug-likeness (QED) is 0.545. The maximum absolute atomic E-state index is 13.1. The van der Waals surface area contributed by atoms with Gasteiger partial charge in [-0.3, -0.25) is 14.2 Å². The van der Waals surface area contributed by atoms with Crippen LogP contribution in [0.2, 0.25) is 0 Å². The lowest BCUT2D eigenvalue weighted by molar-refractivity contribution is -0.116. The molecule has 0 unspecified atom stereocenters. The molecule has 1 N–H and O–H groups in total. The van der Waals surface area contributed by atoms with Crippen LogP contribution in [-0.2, 0) is 11.3 Å². The number of benzene rings is 1. The fourth-order valence-corrected chi connectivity index (χ4v) is 10.0. The lowest BCUT2D eigenvalue weighted by Gasteiger charge is -2.40. The highest BCUT2D eigenvalue weighted by molar-refractivity contribution is 8.00. The molecule has 3 aromatic rings. The molecule has 7 heteroatoms. The Hall–Kier alpha value is -1.83. The van der Waals surface area contributed by atoms with Crippen molar-refractivity contribution in [3.63, 3.8) is 0 Å². The zero-order valence-corrected chi connectivity index (χ0v) is 19.7. The van der Waals surface area contributed by atoms with E-state index < -0.39 is 0 Å².